The number of fused-ring (bicyclic) bond motifs is 1. The average molecular weight is 281 g/mol. The number of carbonyl (C=O) groups is 1. The lowest BCUT2D eigenvalue weighted by Gasteiger charge is -2.22. The van der Waals surface area contributed by atoms with Gasteiger partial charge in [-0.3, -0.25) is 4.79 Å². The maximum atomic E-state index is 12.3. The Morgan fingerprint density at radius 2 is 2.21 bits per heavy atom. The lowest BCUT2D eigenvalue weighted by atomic mass is 10.0. The molecule has 0 radical (unpaired) electrons. The zero-order valence-electron chi connectivity index (χ0n) is 12.0. The molecule has 106 valence electrons. The second kappa shape index (κ2) is 6.50. The van der Waals surface area contributed by atoms with Crippen LogP contribution in [-0.2, 0) is 13.0 Å². The van der Waals surface area contributed by atoms with Gasteiger partial charge >= 0.3 is 0 Å². The Morgan fingerprint density at radius 3 is 2.95 bits per heavy atom. The van der Waals surface area contributed by atoms with E-state index in [-0.39, 0.29) is 5.91 Å². The highest BCUT2D eigenvalue weighted by Gasteiger charge is 2.24. The van der Waals surface area contributed by atoms with Gasteiger partial charge in [0.1, 0.15) is 0 Å². The predicted octanol–water partition coefficient (Wildman–Crippen LogP) is 1.38. The van der Waals surface area contributed by atoms with E-state index >= 15 is 0 Å². The number of thiophene rings is 1. The van der Waals surface area contributed by atoms with Gasteiger partial charge in [-0.2, -0.15) is 0 Å². The summed E-state index contributed by atoms with van der Waals surface area (Å²) >= 11 is 1.78. The van der Waals surface area contributed by atoms with Crippen molar-refractivity contribution in [3.63, 3.8) is 0 Å². The lowest BCUT2D eigenvalue weighted by molar-refractivity contribution is 0.0951. The Kier molecular flexibility index (Phi) is 4.96. The second-order valence-corrected chi connectivity index (χ2v) is 6.45. The Morgan fingerprint density at radius 1 is 1.42 bits per heavy atom. The van der Waals surface area contributed by atoms with E-state index in [1.807, 2.05) is 7.05 Å². The van der Waals surface area contributed by atoms with Gasteiger partial charge in [0.2, 0.25) is 0 Å². The molecule has 0 saturated heterocycles. The minimum atomic E-state index is 0.107. The van der Waals surface area contributed by atoms with Gasteiger partial charge < -0.3 is 15.5 Å². The van der Waals surface area contributed by atoms with Gasteiger partial charge in [-0.1, -0.05) is 0 Å². The molecule has 1 aliphatic heterocycles. The topological polar surface area (TPSA) is 44.4 Å². The summed E-state index contributed by atoms with van der Waals surface area (Å²) < 4.78 is 0. The van der Waals surface area contributed by atoms with Gasteiger partial charge in [0.25, 0.3) is 5.91 Å². The first-order chi connectivity index (χ1) is 9.13. The molecule has 0 aliphatic carbocycles. The van der Waals surface area contributed by atoms with Crippen molar-refractivity contribution >= 4 is 17.2 Å². The summed E-state index contributed by atoms with van der Waals surface area (Å²) in [6.07, 6.45) is 1.96. The average Bonchev–Trinajstić information content (AvgIpc) is 2.69. The Balaban J connectivity index is 2.05. The zero-order valence-corrected chi connectivity index (χ0v) is 12.8. The van der Waals surface area contributed by atoms with E-state index in [4.69, 9.17) is 0 Å². The molecule has 19 heavy (non-hydrogen) atoms. The molecule has 1 amide bonds. The first-order valence-corrected chi connectivity index (χ1v) is 7.67. The Hall–Kier alpha value is -0.910. The fraction of sp³-hybridized carbons (Fsp3) is 0.643. The molecule has 2 heterocycles. The summed E-state index contributed by atoms with van der Waals surface area (Å²) in [5.41, 5.74) is 2.23. The highest BCUT2D eigenvalue weighted by Crippen LogP contribution is 2.32. The lowest BCUT2D eigenvalue weighted by Crippen LogP contribution is -2.30. The van der Waals surface area contributed by atoms with Gasteiger partial charge in [0.05, 0.1) is 5.56 Å². The van der Waals surface area contributed by atoms with Gasteiger partial charge in [-0.15, -0.1) is 11.3 Å². The maximum absolute atomic E-state index is 12.3. The van der Waals surface area contributed by atoms with Crippen LogP contribution >= 0.6 is 11.3 Å². The van der Waals surface area contributed by atoms with Crippen molar-refractivity contribution in [1.82, 2.24) is 15.5 Å². The summed E-state index contributed by atoms with van der Waals surface area (Å²) in [6, 6.07) is 0. The van der Waals surface area contributed by atoms with E-state index in [0.29, 0.717) is 0 Å². The van der Waals surface area contributed by atoms with Crippen molar-refractivity contribution < 1.29 is 4.79 Å². The van der Waals surface area contributed by atoms with Crippen LogP contribution < -0.4 is 10.6 Å². The monoisotopic (exact) mass is 281 g/mol. The van der Waals surface area contributed by atoms with Crippen LogP contribution in [0.4, 0.5) is 0 Å². The molecular formula is C14H23N3OS. The molecular weight excluding hydrogens is 258 g/mol. The van der Waals surface area contributed by atoms with E-state index in [1.54, 1.807) is 11.3 Å². The van der Waals surface area contributed by atoms with Crippen LogP contribution in [0.15, 0.2) is 0 Å². The highest BCUT2D eigenvalue weighted by atomic mass is 32.1. The number of likely N-dealkylation sites (N-methyl/N-ethyl adjacent to an activating group) is 1. The minimum absolute atomic E-state index is 0.107. The largest absolute Gasteiger partial charge is 0.352 e. The van der Waals surface area contributed by atoms with Crippen LogP contribution in [0.25, 0.3) is 0 Å². The molecule has 0 saturated carbocycles. The van der Waals surface area contributed by atoms with Gasteiger partial charge in [0, 0.05) is 29.4 Å². The molecule has 1 aromatic rings. The van der Waals surface area contributed by atoms with E-state index in [1.165, 1.54) is 10.4 Å². The second-order valence-electron chi connectivity index (χ2n) is 5.14. The molecule has 4 nitrogen and oxygen atoms in total. The summed E-state index contributed by atoms with van der Waals surface area (Å²) in [5, 5.41) is 6.12. The molecule has 0 fully saturated rings. The summed E-state index contributed by atoms with van der Waals surface area (Å²) in [6.45, 7) is 5.76. The number of hydrogen-bond donors (Lipinski definition) is 2. The number of nitrogens with one attached hydrogen (secondary N) is 2. The summed E-state index contributed by atoms with van der Waals surface area (Å²) in [4.78, 5) is 17.1. The Bertz CT molecular complexity index is 456. The standard InChI is InChI=1S/C14H23N3OS/c1-10-13(14(18)16-7-4-6-15-2)11-5-8-17(3)9-12(11)19-10/h15H,4-9H2,1-3H3,(H,16,18). The predicted molar refractivity (Wildman–Crippen MR) is 80.0 cm³/mol. The number of carbonyl (C=O) groups excluding carboxylic acids is 1. The molecule has 2 N–H and O–H groups in total. The summed E-state index contributed by atoms with van der Waals surface area (Å²) in [7, 11) is 4.06. The molecule has 0 bridgehead atoms. The van der Waals surface area contributed by atoms with E-state index in [9.17, 15) is 4.79 Å². The first kappa shape index (κ1) is 14.5. The molecule has 5 heteroatoms. The van der Waals surface area contributed by atoms with E-state index in [0.717, 1.165) is 49.5 Å². The third-order valence-electron chi connectivity index (χ3n) is 3.54. The third kappa shape index (κ3) is 3.35. The fourth-order valence-corrected chi connectivity index (χ4v) is 3.82. The molecule has 0 spiro atoms. The third-order valence-corrected chi connectivity index (χ3v) is 4.67. The van der Waals surface area contributed by atoms with Crippen LogP contribution in [0.2, 0.25) is 0 Å². The number of rotatable bonds is 5. The fourth-order valence-electron chi connectivity index (χ4n) is 2.52. The van der Waals surface area contributed by atoms with Crippen molar-refractivity contribution in [2.24, 2.45) is 0 Å². The molecule has 0 atom stereocenters. The van der Waals surface area contributed by atoms with Crippen LogP contribution in [-0.4, -0.2) is 44.5 Å². The number of amides is 1. The quantitative estimate of drug-likeness (QED) is 0.802. The first-order valence-electron chi connectivity index (χ1n) is 6.86. The number of nitrogens with zero attached hydrogens (tertiary/aromatic N) is 1. The van der Waals surface area contributed by atoms with Crippen molar-refractivity contribution in [2.75, 3.05) is 33.7 Å². The highest BCUT2D eigenvalue weighted by molar-refractivity contribution is 7.12. The van der Waals surface area contributed by atoms with Crippen molar-refractivity contribution in [2.45, 2.75) is 26.3 Å². The Labute approximate surface area is 119 Å². The van der Waals surface area contributed by atoms with Crippen molar-refractivity contribution in [3.05, 3.63) is 20.9 Å². The van der Waals surface area contributed by atoms with Gasteiger partial charge in [0.15, 0.2) is 0 Å². The van der Waals surface area contributed by atoms with Crippen LogP contribution in [0.3, 0.4) is 0 Å². The molecule has 1 aromatic heterocycles. The van der Waals surface area contributed by atoms with Crippen LogP contribution in [0.1, 0.15) is 32.1 Å². The van der Waals surface area contributed by atoms with E-state index in [2.05, 4.69) is 29.5 Å². The molecule has 1 aliphatic rings. The van der Waals surface area contributed by atoms with Crippen LogP contribution in [0, 0.1) is 6.92 Å². The van der Waals surface area contributed by atoms with Gasteiger partial charge in [-0.05, 0) is 46.0 Å². The summed E-state index contributed by atoms with van der Waals surface area (Å²) in [5.74, 6) is 0.107. The SMILES string of the molecule is CNCCCNC(=O)c1c(C)sc2c1CCN(C)C2. The minimum Gasteiger partial charge on any atom is -0.352 e. The van der Waals surface area contributed by atoms with Gasteiger partial charge in [-0.25, -0.2) is 0 Å². The van der Waals surface area contributed by atoms with Crippen molar-refractivity contribution in [3.8, 4) is 0 Å². The molecule has 0 unspecified atom stereocenters. The molecule has 0 aromatic carbocycles. The number of aryl methyl sites for hydroxylation is 1. The molecule has 2 rings (SSSR count). The normalized spacial score (nSPS) is 15.3. The number of hydrogen-bond acceptors (Lipinski definition) is 4. The van der Waals surface area contributed by atoms with Crippen LogP contribution in [0.5, 0.6) is 0 Å². The smallest absolute Gasteiger partial charge is 0.252 e. The zero-order chi connectivity index (χ0) is 13.8. The maximum Gasteiger partial charge on any atom is 0.252 e. The van der Waals surface area contributed by atoms with Crippen molar-refractivity contribution in [1.29, 1.82) is 0 Å². The van der Waals surface area contributed by atoms with E-state index < -0.39 is 0 Å².